The Hall–Kier alpha value is -1.64. The van der Waals surface area contributed by atoms with E-state index < -0.39 is 24.7 Å². The number of hydrogen-bond donors (Lipinski definition) is 3. The number of carbonyl (C=O) groups excluding carboxylic acids is 1. The summed E-state index contributed by atoms with van der Waals surface area (Å²) in [5, 5.41) is 16.7. The van der Waals surface area contributed by atoms with Crippen molar-refractivity contribution in [3.63, 3.8) is 0 Å². The van der Waals surface area contributed by atoms with E-state index in [0.29, 0.717) is 5.82 Å². The maximum absolute atomic E-state index is 12.0. The van der Waals surface area contributed by atoms with Crippen LogP contribution in [0.1, 0.15) is 36.2 Å². The molecule has 0 fully saturated rings. The van der Waals surface area contributed by atoms with Gasteiger partial charge in [0, 0.05) is 5.92 Å². The maximum atomic E-state index is 12.0. The minimum atomic E-state index is -4.77. The number of aliphatic hydroxyl groups excluding tert-OH is 1. The van der Waals surface area contributed by atoms with E-state index >= 15 is 0 Å². The minimum Gasteiger partial charge on any atom is -0.382 e. The van der Waals surface area contributed by atoms with E-state index in [4.69, 9.17) is 5.11 Å². The highest BCUT2D eigenvalue weighted by Crippen LogP contribution is 2.19. The highest BCUT2D eigenvalue weighted by Gasteiger charge is 2.38. The lowest BCUT2D eigenvalue weighted by atomic mass is 10.2. The van der Waals surface area contributed by atoms with Crippen LogP contribution in [0.3, 0.4) is 0 Å². The monoisotopic (exact) mass is 266 g/mol. The highest BCUT2D eigenvalue weighted by molar-refractivity contribution is 5.90. The summed E-state index contributed by atoms with van der Waals surface area (Å²) < 4.78 is 35.9. The van der Waals surface area contributed by atoms with Crippen molar-refractivity contribution in [3.05, 3.63) is 11.6 Å². The van der Waals surface area contributed by atoms with E-state index in [-0.39, 0.29) is 11.7 Å². The summed E-state index contributed by atoms with van der Waals surface area (Å²) in [7, 11) is 0. The molecule has 1 aromatic rings. The predicted octanol–water partition coefficient (Wildman–Crippen LogP) is 0.581. The fourth-order valence-electron chi connectivity index (χ4n) is 1.02. The molecule has 1 aromatic heterocycles. The van der Waals surface area contributed by atoms with Gasteiger partial charge in [0.05, 0.1) is 6.54 Å². The first-order valence-electron chi connectivity index (χ1n) is 5.17. The van der Waals surface area contributed by atoms with E-state index in [9.17, 15) is 18.0 Å². The van der Waals surface area contributed by atoms with Gasteiger partial charge < -0.3 is 10.4 Å². The van der Waals surface area contributed by atoms with Crippen molar-refractivity contribution in [1.29, 1.82) is 0 Å². The zero-order valence-corrected chi connectivity index (χ0v) is 9.75. The zero-order chi connectivity index (χ0) is 13.9. The summed E-state index contributed by atoms with van der Waals surface area (Å²) in [5.74, 6) is -0.661. The lowest BCUT2D eigenvalue weighted by Gasteiger charge is -2.14. The van der Waals surface area contributed by atoms with Crippen LogP contribution in [0.2, 0.25) is 0 Å². The molecule has 0 saturated carbocycles. The van der Waals surface area contributed by atoms with Crippen LogP contribution >= 0.6 is 0 Å². The molecule has 0 spiro atoms. The van der Waals surface area contributed by atoms with Crippen molar-refractivity contribution < 1.29 is 23.1 Å². The summed E-state index contributed by atoms with van der Waals surface area (Å²) >= 11 is 0. The first kappa shape index (κ1) is 14.4. The van der Waals surface area contributed by atoms with Gasteiger partial charge in [-0.2, -0.15) is 13.2 Å². The number of halogens is 3. The molecule has 3 N–H and O–H groups in total. The van der Waals surface area contributed by atoms with Crippen molar-refractivity contribution in [2.75, 3.05) is 6.54 Å². The second kappa shape index (κ2) is 5.34. The third-order valence-corrected chi connectivity index (χ3v) is 2.09. The number of aromatic amines is 1. The summed E-state index contributed by atoms with van der Waals surface area (Å²) in [4.78, 5) is 15.2. The number of carbonyl (C=O) groups is 1. The first-order chi connectivity index (χ1) is 8.21. The number of aliphatic hydroxyl groups is 1. The molecule has 0 bridgehead atoms. The van der Waals surface area contributed by atoms with Crippen LogP contribution in [0.4, 0.5) is 13.2 Å². The molecule has 0 aliphatic heterocycles. The molecule has 1 amide bonds. The number of aromatic nitrogens is 3. The number of amides is 1. The summed E-state index contributed by atoms with van der Waals surface area (Å²) in [6.45, 7) is 2.69. The molecule has 0 saturated heterocycles. The molecule has 1 heterocycles. The molecule has 18 heavy (non-hydrogen) atoms. The van der Waals surface area contributed by atoms with Crippen LogP contribution in [0.5, 0.6) is 0 Å². The van der Waals surface area contributed by atoms with Crippen LogP contribution in [-0.2, 0) is 0 Å². The Bertz CT molecular complexity index is 416. The molecule has 0 aliphatic rings. The van der Waals surface area contributed by atoms with E-state index in [2.05, 4.69) is 15.2 Å². The second-order valence-electron chi connectivity index (χ2n) is 3.97. The molecule has 0 aromatic carbocycles. The van der Waals surface area contributed by atoms with E-state index in [1.807, 2.05) is 19.2 Å². The molecule has 9 heteroatoms. The van der Waals surface area contributed by atoms with Crippen molar-refractivity contribution in [1.82, 2.24) is 20.5 Å². The van der Waals surface area contributed by atoms with Crippen molar-refractivity contribution in [2.45, 2.75) is 32.0 Å². The number of alkyl halides is 3. The number of rotatable bonds is 4. The van der Waals surface area contributed by atoms with Gasteiger partial charge in [-0.3, -0.25) is 9.89 Å². The number of H-pyrrole nitrogens is 1. The summed E-state index contributed by atoms with van der Waals surface area (Å²) in [5.41, 5.74) is 0. The van der Waals surface area contributed by atoms with E-state index in [0.717, 1.165) is 0 Å². The lowest BCUT2D eigenvalue weighted by molar-refractivity contribution is -0.201. The van der Waals surface area contributed by atoms with Gasteiger partial charge >= 0.3 is 6.18 Å². The average Bonchev–Trinajstić information content (AvgIpc) is 2.73. The van der Waals surface area contributed by atoms with Crippen molar-refractivity contribution in [3.8, 4) is 0 Å². The molecule has 1 unspecified atom stereocenters. The highest BCUT2D eigenvalue weighted by atomic mass is 19.4. The Morgan fingerprint density at radius 2 is 2.11 bits per heavy atom. The van der Waals surface area contributed by atoms with Gasteiger partial charge in [-0.15, -0.1) is 5.10 Å². The van der Waals surface area contributed by atoms with E-state index in [1.54, 1.807) is 0 Å². The number of nitrogens with zero attached hydrogens (tertiary/aromatic N) is 2. The summed E-state index contributed by atoms with van der Waals surface area (Å²) in [6, 6.07) is 0. The Kier molecular flexibility index (Phi) is 4.28. The summed E-state index contributed by atoms with van der Waals surface area (Å²) in [6.07, 6.45) is -7.37. The van der Waals surface area contributed by atoms with Crippen LogP contribution in [0, 0.1) is 0 Å². The van der Waals surface area contributed by atoms with Crippen LogP contribution < -0.4 is 5.32 Å². The van der Waals surface area contributed by atoms with Crippen LogP contribution in [-0.4, -0.2) is 45.0 Å². The molecule has 1 rings (SSSR count). The van der Waals surface area contributed by atoms with Gasteiger partial charge in [-0.1, -0.05) is 13.8 Å². The normalized spacial score (nSPS) is 13.7. The Balaban J connectivity index is 2.55. The van der Waals surface area contributed by atoms with Gasteiger partial charge in [0.2, 0.25) is 5.82 Å². The van der Waals surface area contributed by atoms with E-state index in [1.165, 1.54) is 0 Å². The Morgan fingerprint density at radius 1 is 1.50 bits per heavy atom. The minimum absolute atomic E-state index is 0.0137. The molecule has 0 aliphatic carbocycles. The number of nitrogens with one attached hydrogen (secondary N) is 2. The maximum Gasteiger partial charge on any atom is 0.416 e. The third kappa shape index (κ3) is 3.69. The van der Waals surface area contributed by atoms with Gasteiger partial charge in [0.15, 0.2) is 6.10 Å². The van der Waals surface area contributed by atoms with Crippen LogP contribution in [0.15, 0.2) is 0 Å². The topological polar surface area (TPSA) is 90.9 Å². The quantitative estimate of drug-likeness (QED) is 0.743. The fraction of sp³-hybridized carbons (Fsp3) is 0.667. The smallest absolute Gasteiger partial charge is 0.382 e. The number of hydrogen-bond acceptors (Lipinski definition) is 4. The standard InChI is InChI=1S/C9H13F3N4O2/c1-4(2)6-14-7(16-15-6)8(18)13-3-5(17)9(10,11)12/h4-5,17H,3H2,1-2H3,(H,13,18)(H,14,15,16). The molecule has 102 valence electrons. The van der Waals surface area contributed by atoms with Crippen molar-refractivity contribution >= 4 is 5.91 Å². The first-order valence-corrected chi connectivity index (χ1v) is 5.17. The Morgan fingerprint density at radius 3 is 2.56 bits per heavy atom. The van der Waals surface area contributed by atoms with Gasteiger partial charge in [-0.05, 0) is 0 Å². The molecule has 6 nitrogen and oxygen atoms in total. The lowest BCUT2D eigenvalue weighted by Crippen LogP contribution is -2.41. The molecular formula is C9H13F3N4O2. The fourth-order valence-corrected chi connectivity index (χ4v) is 1.02. The van der Waals surface area contributed by atoms with Gasteiger partial charge in [0.25, 0.3) is 5.91 Å². The average molecular weight is 266 g/mol. The van der Waals surface area contributed by atoms with Gasteiger partial charge in [-0.25, -0.2) is 4.98 Å². The molecular weight excluding hydrogens is 253 g/mol. The van der Waals surface area contributed by atoms with Gasteiger partial charge in [0.1, 0.15) is 5.82 Å². The Labute approximate surface area is 101 Å². The van der Waals surface area contributed by atoms with Crippen LogP contribution in [0.25, 0.3) is 0 Å². The molecule has 1 atom stereocenters. The second-order valence-corrected chi connectivity index (χ2v) is 3.97. The largest absolute Gasteiger partial charge is 0.416 e. The zero-order valence-electron chi connectivity index (χ0n) is 9.75. The van der Waals surface area contributed by atoms with Crippen molar-refractivity contribution in [2.24, 2.45) is 0 Å². The molecule has 0 radical (unpaired) electrons. The SMILES string of the molecule is CC(C)c1nc(C(=O)NCC(O)C(F)(F)F)n[nH]1. The third-order valence-electron chi connectivity index (χ3n) is 2.09. The predicted molar refractivity (Wildman–Crippen MR) is 54.9 cm³/mol.